The van der Waals surface area contributed by atoms with E-state index in [2.05, 4.69) is 17.6 Å². The molecular weight excluding hydrogens is 632 g/mol. The average Bonchev–Trinajstić information content (AvgIpc) is 3.03. The molecule has 0 heterocycles. The predicted octanol–water partition coefficient (Wildman–Crippen LogP) is 6.28. The normalized spacial score (nSPS) is 14.4. The van der Waals surface area contributed by atoms with Crippen molar-refractivity contribution in [2.24, 2.45) is 5.92 Å². The summed E-state index contributed by atoms with van der Waals surface area (Å²) in [5, 5.41) is 27.6. The molecule has 2 amide bonds. The number of carboxylic acids is 1. The summed E-state index contributed by atoms with van der Waals surface area (Å²) in [5.41, 5.74) is -2.63. The molecule has 0 unspecified atom stereocenters. The summed E-state index contributed by atoms with van der Waals surface area (Å²) in [5.74, 6) is -8.12. The fourth-order valence-electron chi connectivity index (χ4n) is 5.32. The van der Waals surface area contributed by atoms with Gasteiger partial charge in [0.25, 0.3) is 0 Å². The fourth-order valence-corrected chi connectivity index (χ4v) is 5.32. The standard InChI is InChI=1S/C36H56F4N2O6/c1-4-6-8-12-15-22-35(39,40)23-16-13-10-9-11-14-17-29(36(47,34(45)46)26-31(37)38)32(43)42-30(33(44)41-3)25-27-18-20-28(21-19-27)48-24-7-5-2/h14,17-21,29-31,47H,4-13,15-16,22-26H2,1-3H3,(H,41,44)(H,42,43)(H,45,46)/p-1/b17-14+/t29-,30+,36+/m1/s1. The molecule has 1 aromatic rings. The first kappa shape index (κ1) is 42.9. The maximum Gasteiger partial charge on any atom is 0.248 e. The highest BCUT2D eigenvalue weighted by Crippen LogP contribution is 2.29. The zero-order valence-electron chi connectivity index (χ0n) is 28.7. The van der Waals surface area contributed by atoms with Gasteiger partial charge in [-0.05, 0) is 49.8 Å². The summed E-state index contributed by atoms with van der Waals surface area (Å²) < 4.78 is 60.7. The smallest absolute Gasteiger partial charge is 0.248 e. The van der Waals surface area contributed by atoms with Gasteiger partial charge in [-0.25, -0.2) is 17.6 Å². The molecule has 0 radical (unpaired) electrons. The van der Waals surface area contributed by atoms with Crippen molar-refractivity contribution in [3.05, 3.63) is 42.0 Å². The SMILES string of the molecule is CCCCCCCC(F)(F)CCCCCC/C=C/[C@H](C(=O)N[C@@H](Cc1ccc(OCCCC)cc1)C(=O)NC)[C@@](O)(CC(F)F)C(=O)[O-]. The highest BCUT2D eigenvalue weighted by molar-refractivity contribution is 5.93. The number of rotatable bonds is 27. The number of amides is 2. The topological polar surface area (TPSA) is 128 Å². The highest BCUT2D eigenvalue weighted by Gasteiger charge is 2.44. The molecule has 0 saturated carbocycles. The van der Waals surface area contributed by atoms with Crippen LogP contribution < -0.4 is 20.5 Å². The van der Waals surface area contributed by atoms with E-state index < -0.39 is 54.1 Å². The first-order valence-electron chi connectivity index (χ1n) is 17.3. The lowest BCUT2D eigenvalue weighted by Gasteiger charge is -2.35. The summed E-state index contributed by atoms with van der Waals surface area (Å²) in [6, 6.07) is 5.59. The molecular formula is C36H55F4N2O6-. The van der Waals surface area contributed by atoms with Crippen molar-refractivity contribution < 1.29 is 46.9 Å². The molecule has 1 rings (SSSR count). The number of allylic oxidation sites excluding steroid dienone is 1. The number of benzene rings is 1. The van der Waals surface area contributed by atoms with E-state index in [0.29, 0.717) is 50.0 Å². The van der Waals surface area contributed by atoms with E-state index in [9.17, 15) is 42.2 Å². The van der Waals surface area contributed by atoms with E-state index in [1.54, 1.807) is 24.3 Å². The Kier molecular flexibility index (Phi) is 20.8. The Morgan fingerprint density at radius 2 is 1.48 bits per heavy atom. The molecule has 1 aromatic carbocycles. The molecule has 3 atom stereocenters. The number of carbonyl (C=O) groups excluding carboxylic acids is 3. The maximum atomic E-state index is 14.1. The minimum atomic E-state index is -3.28. The Bertz CT molecular complexity index is 1100. The number of unbranched alkanes of at least 4 members (excludes halogenated alkanes) is 9. The number of aliphatic hydroxyl groups is 1. The van der Waals surface area contributed by atoms with Gasteiger partial charge in [-0.1, -0.05) is 83.1 Å². The molecule has 0 aromatic heterocycles. The largest absolute Gasteiger partial charge is 0.547 e. The second kappa shape index (κ2) is 23.2. The molecule has 0 saturated heterocycles. The molecule has 0 bridgehead atoms. The van der Waals surface area contributed by atoms with Crippen molar-refractivity contribution in [2.75, 3.05) is 13.7 Å². The Balaban J connectivity index is 2.89. The molecule has 12 heteroatoms. The molecule has 0 fully saturated rings. The zero-order valence-corrected chi connectivity index (χ0v) is 28.7. The molecule has 0 aliphatic rings. The Labute approximate surface area is 283 Å². The number of aliphatic carboxylic acids is 1. The van der Waals surface area contributed by atoms with E-state index in [-0.39, 0.29) is 25.7 Å². The summed E-state index contributed by atoms with van der Waals surface area (Å²) in [7, 11) is 1.34. The van der Waals surface area contributed by atoms with E-state index in [0.717, 1.165) is 44.6 Å². The van der Waals surface area contributed by atoms with Gasteiger partial charge < -0.3 is 30.4 Å². The second-order valence-electron chi connectivity index (χ2n) is 12.4. The Hall–Kier alpha value is -3.15. The lowest BCUT2D eigenvalue weighted by molar-refractivity contribution is -0.328. The van der Waals surface area contributed by atoms with Crippen LogP contribution in [-0.4, -0.2) is 60.5 Å². The van der Waals surface area contributed by atoms with Gasteiger partial charge in [-0.3, -0.25) is 9.59 Å². The van der Waals surface area contributed by atoms with Crippen molar-refractivity contribution in [3.8, 4) is 5.75 Å². The minimum absolute atomic E-state index is 0.0203. The van der Waals surface area contributed by atoms with Crippen LogP contribution in [0.25, 0.3) is 0 Å². The average molecular weight is 688 g/mol. The third-order valence-corrected chi connectivity index (χ3v) is 8.26. The molecule has 0 aliphatic heterocycles. The van der Waals surface area contributed by atoms with Crippen LogP contribution in [0.3, 0.4) is 0 Å². The number of halogens is 4. The van der Waals surface area contributed by atoms with Crippen LogP contribution in [0.2, 0.25) is 0 Å². The van der Waals surface area contributed by atoms with Crippen molar-refractivity contribution in [1.82, 2.24) is 10.6 Å². The number of hydrogen-bond donors (Lipinski definition) is 3. The number of nitrogens with one attached hydrogen (secondary N) is 2. The van der Waals surface area contributed by atoms with E-state index in [4.69, 9.17) is 4.74 Å². The summed E-state index contributed by atoms with van der Waals surface area (Å²) >= 11 is 0. The highest BCUT2D eigenvalue weighted by atomic mass is 19.3. The first-order chi connectivity index (χ1) is 22.8. The lowest BCUT2D eigenvalue weighted by atomic mass is 9.82. The van der Waals surface area contributed by atoms with Crippen LogP contribution in [0, 0.1) is 5.92 Å². The van der Waals surface area contributed by atoms with Crippen LogP contribution in [0.1, 0.15) is 116 Å². The predicted molar refractivity (Wildman–Crippen MR) is 176 cm³/mol. The number of carboxylic acid groups (broad SMARTS) is 1. The van der Waals surface area contributed by atoms with Crippen LogP contribution in [-0.2, 0) is 20.8 Å². The Morgan fingerprint density at radius 1 is 0.896 bits per heavy atom. The van der Waals surface area contributed by atoms with Gasteiger partial charge >= 0.3 is 0 Å². The van der Waals surface area contributed by atoms with Crippen LogP contribution in [0.4, 0.5) is 17.6 Å². The van der Waals surface area contributed by atoms with Gasteiger partial charge in [-0.2, -0.15) is 0 Å². The monoisotopic (exact) mass is 687 g/mol. The van der Waals surface area contributed by atoms with Crippen molar-refractivity contribution >= 4 is 17.8 Å². The van der Waals surface area contributed by atoms with E-state index in [1.165, 1.54) is 13.1 Å². The van der Waals surface area contributed by atoms with Gasteiger partial charge in [0.2, 0.25) is 24.2 Å². The number of alkyl halides is 4. The second-order valence-corrected chi connectivity index (χ2v) is 12.4. The molecule has 8 nitrogen and oxygen atoms in total. The summed E-state index contributed by atoms with van der Waals surface area (Å²) in [6.45, 7) is 4.65. The summed E-state index contributed by atoms with van der Waals surface area (Å²) in [6.07, 6.45) is 5.68. The summed E-state index contributed by atoms with van der Waals surface area (Å²) in [4.78, 5) is 38.0. The zero-order chi connectivity index (χ0) is 36.0. The van der Waals surface area contributed by atoms with E-state index in [1.807, 2.05) is 6.92 Å². The Morgan fingerprint density at radius 3 is 2.02 bits per heavy atom. The molecule has 48 heavy (non-hydrogen) atoms. The third kappa shape index (κ3) is 16.8. The number of ether oxygens (including phenoxy) is 1. The van der Waals surface area contributed by atoms with Gasteiger partial charge in [0, 0.05) is 32.7 Å². The van der Waals surface area contributed by atoms with E-state index >= 15 is 0 Å². The van der Waals surface area contributed by atoms with Crippen molar-refractivity contribution in [2.45, 2.75) is 141 Å². The third-order valence-electron chi connectivity index (χ3n) is 8.26. The number of hydrogen-bond acceptors (Lipinski definition) is 6. The van der Waals surface area contributed by atoms with Gasteiger partial charge in [0.1, 0.15) is 17.4 Å². The maximum absolute atomic E-state index is 14.1. The fraction of sp³-hybridized carbons (Fsp3) is 0.694. The van der Waals surface area contributed by atoms with Crippen LogP contribution in [0.5, 0.6) is 5.75 Å². The first-order valence-corrected chi connectivity index (χ1v) is 17.3. The quantitative estimate of drug-likeness (QED) is 0.0568. The molecule has 0 aliphatic carbocycles. The van der Waals surface area contributed by atoms with Gasteiger partial charge in [0.15, 0.2) is 0 Å². The van der Waals surface area contributed by atoms with Crippen molar-refractivity contribution in [3.63, 3.8) is 0 Å². The van der Waals surface area contributed by atoms with Crippen molar-refractivity contribution in [1.29, 1.82) is 0 Å². The van der Waals surface area contributed by atoms with Gasteiger partial charge in [-0.15, -0.1) is 0 Å². The number of carbonyl (C=O) groups is 3. The molecule has 3 N–H and O–H groups in total. The molecule has 274 valence electrons. The van der Waals surface area contributed by atoms with Gasteiger partial charge in [0.05, 0.1) is 18.5 Å². The van der Waals surface area contributed by atoms with Crippen LogP contribution in [0.15, 0.2) is 36.4 Å². The minimum Gasteiger partial charge on any atom is -0.547 e. The number of likely N-dealkylation sites (N-methyl/N-ethyl adjacent to an activating group) is 1. The van der Waals surface area contributed by atoms with Crippen LogP contribution >= 0.6 is 0 Å². The lowest BCUT2D eigenvalue weighted by Crippen LogP contribution is -2.59. The molecule has 0 spiro atoms.